The first-order chi connectivity index (χ1) is 12.2. The van der Waals surface area contributed by atoms with Crippen LogP contribution in [0.2, 0.25) is 0 Å². The van der Waals surface area contributed by atoms with Crippen molar-refractivity contribution in [3.8, 4) is 0 Å². The molecule has 11 heteroatoms. The summed E-state index contributed by atoms with van der Waals surface area (Å²) in [5.74, 6) is 0. The van der Waals surface area contributed by atoms with E-state index in [-0.39, 0.29) is 24.7 Å². The van der Waals surface area contributed by atoms with Crippen LogP contribution in [-0.2, 0) is 19.5 Å². The summed E-state index contributed by atoms with van der Waals surface area (Å²) in [7, 11) is -2.37. The van der Waals surface area contributed by atoms with Crippen LogP contribution in [0.1, 0.15) is 0 Å². The van der Waals surface area contributed by atoms with E-state index in [4.69, 9.17) is 4.74 Å². The number of benzene rings is 1. The molecular weight excluding hydrogens is 438 g/mol. The number of alkyl halides is 2. The summed E-state index contributed by atoms with van der Waals surface area (Å²) in [4.78, 5) is 1.84. The Kier molecular flexibility index (Phi) is 7.34. The molecule has 2 rings (SSSR count). The van der Waals surface area contributed by atoms with E-state index in [0.29, 0.717) is 23.2 Å². The van der Waals surface area contributed by atoms with Gasteiger partial charge in [-0.25, -0.2) is 21.9 Å². The fourth-order valence-electron chi connectivity index (χ4n) is 2.58. The highest BCUT2D eigenvalue weighted by molar-refractivity contribution is 9.10. The number of nitrogens with zero attached hydrogens (tertiary/aromatic N) is 1. The van der Waals surface area contributed by atoms with Crippen LogP contribution in [0.5, 0.6) is 0 Å². The van der Waals surface area contributed by atoms with Crippen LogP contribution in [0.15, 0.2) is 27.6 Å². The predicted molar refractivity (Wildman–Crippen MR) is 95.2 cm³/mol. The maximum Gasteiger partial charge on any atom is 0.261 e. The van der Waals surface area contributed by atoms with Crippen molar-refractivity contribution in [2.45, 2.75) is 16.9 Å². The van der Waals surface area contributed by atoms with E-state index in [1.165, 1.54) is 13.2 Å². The quantitative estimate of drug-likeness (QED) is 0.512. The summed E-state index contributed by atoms with van der Waals surface area (Å²) in [5, 5.41) is 9.43. The second-order valence-corrected chi connectivity index (χ2v) is 8.53. The first-order valence-corrected chi connectivity index (χ1v) is 10.1. The van der Waals surface area contributed by atoms with Gasteiger partial charge >= 0.3 is 0 Å². The zero-order chi connectivity index (χ0) is 19.4. The second-order valence-electron chi connectivity index (χ2n) is 5.88. The first kappa shape index (κ1) is 21.5. The van der Waals surface area contributed by atoms with Gasteiger partial charge < -0.3 is 19.5 Å². The average molecular weight is 459 g/mol. The molecule has 1 aliphatic rings. The molecule has 148 valence electrons. The van der Waals surface area contributed by atoms with Crippen LogP contribution in [0.3, 0.4) is 0 Å². The van der Waals surface area contributed by atoms with E-state index in [0.717, 1.165) is 0 Å². The van der Waals surface area contributed by atoms with E-state index in [1.807, 2.05) is 0 Å². The van der Waals surface area contributed by atoms with E-state index < -0.39 is 28.7 Å². The highest BCUT2D eigenvalue weighted by atomic mass is 79.9. The van der Waals surface area contributed by atoms with Gasteiger partial charge in [0.2, 0.25) is 10.0 Å². The van der Waals surface area contributed by atoms with Gasteiger partial charge in [0.15, 0.2) is 0 Å². The maximum absolute atomic E-state index is 12.6. The van der Waals surface area contributed by atoms with Gasteiger partial charge in [0, 0.05) is 18.1 Å². The number of nitrogens with one attached hydrogen (secondary N) is 1. The van der Waals surface area contributed by atoms with Crippen LogP contribution < -0.4 is 9.62 Å². The molecule has 1 fully saturated rings. The number of ether oxygens (including phenoxy) is 2. The minimum atomic E-state index is -3.86. The number of aliphatic hydroxyl groups is 1. The van der Waals surface area contributed by atoms with E-state index in [9.17, 15) is 22.3 Å². The molecule has 0 aromatic heterocycles. The van der Waals surface area contributed by atoms with Crippen molar-refractivity contribution < 1.29 is 31.8 Å². The molecule has 0 saturated carbocycles. The predicted octanol–water partition coefficient (Wildman–Crippen LogP) is 1.21. The lowest BCUT2D eigenvalue weighted by atomic mass is 9.94. The van der Waals surface area contributed by atoms with Gasteiger partial charge in [0.05, 0.1) is 32.0 Å². The molecule has 1 aromatic rings. The summed E-state index contributed by atoms with van der Waals surface area (Å²) in [5.41, 5.74) is -0.249. The number of hydrogen-bond donors (Lipinski definition) is 2. The van der Waals surface area contributed by atoms with Crippen LogP contribution in [0, 0.1) is 0 Å². The number of hydrogen-bond acceptors (Lipinski definition) is 6. The largest absolute Gasteiger partial charge is 0.393 e. The third-order valence-electron chi connectivity index (χ3n) is 4.01. The Labute approximate surface area is 159 Å². The van der Waals surface area contributed by atoms with Crippen LogP contribution >= 0.6 is 15.9 Å². The van der Waals surface area contributed by atoms with Crippen LogP contribution in [-0.4, -0.2) is 72.1 Å². The fraction of sp³-hybridized carbons (Fsp3) is 0.600. The molecular formula is C15H21BrF2N2O5S. The fourth-order valence-corrected chi connectivity index (χ4v) is 4.14. The Bertz CT molecular complexity index is 708. The Morgan fingerprint density at radius 1 is 1.42 bits per heavy atom. The van der Waals surface area contributed by atoms with Gasteiger partial charge in [0.1, 0.15) is 17.1 Å². The third kappa shape index (κ3) is 5.11. The number of rotatable bonds is 10. The molecule has 2 N–H and O–H groups in total. The minimum absolute atomic E-state index is 0.0530. The molecule has 0 bridgehead atoms. The maximum atomic E-state index is 12.6. The second kappa shape index (κ2) is 8.89. The van der Waals surface area contributed by atoms with Crippen molar-refractivity contribution in [1.82, 2.24) is 4.72 Å². The molecule has 7 nitrogen and oxygen atoms in total. The summed E-state index contributed by atoms with van der Waals surface area (Å²) < 4.78 is 62.2. The lowest BCUT2D eigenvalue weighted by Gasteiger charge is -2.49. The molecule has 1 aliphatic heterocycles. The first-order valence-electron chi connectivity index (χ1n) is 7.79. The van der Waals surface area contributed by atoms with Crippen molar-refractivity contribution in [2.24, 2.45) is 0 Å². The van der Waals surface area contributed by atoms with Crippen LogP contribution in [0.25, 0.3) is 0 Å². The van der Waals surface area contributed by atoms with Crippen molar-refractivity contribution >= 4 is 31.6 Å². The molecule has 1 aromatic carbocycles. The van der Waals surface area contributed by atoms with Gasteiger partial charge in [-0.15, -0.1) is 0 Å². The molecule has 1 saturated heterocycles. The molecule has 0 spiro atoms. The monoisotopic (exact) mass is 458 g/mol. The number of anilines is 1. The van der Waals surface area contributed by atoms with E-state index in [1.54, 1.807) is 17.0 Å². The normalized spacial score (nSPS) is 16.8. The van der Waals surface area contributed by atoms with Crippen molar-refractivity contribution in [3.63, 3.8) is 0 Å². The molecule has 0 radical (unpaired) electrons. The molecule has 0 amide bonds. The van der Waals surface area contributed by atoms with Gasteiger partial charge in [-0.3, -0.25) is 0 Å². The lowest BCUT2D eigenvalue weighted by Crippen LogP contribution is -2.65. The van der Waals surface area contributed by atoms with E-state index in [2.05, 4.69) is 25.4 Å². The van der Waals surface area contributed by atoms with Gasteiger partial charge in [0.25, 0.3) is 6.43 Å². The zero-order valence-corrected chi connectivity index (χ0v) is 16.5. The Balaban J connectivity index is 2.09. The topological polar surface area (TPSA) is 88.1 Å². The van der Waals surface area contributed by atoms with Crippen molar-refractivity contribution in [3.05, 3.63) is 22.7 Å². The lowest BCUT2D eigenvalue weighted by molar-refractivity contribution is -0.0705. The number of sulfonamides is 1. The molecule has 26 heavy (non-hydrogen) atoms. The summed E-state index contributed by atoms with van der Waals surface area (Å²) in [6.07, 6.45) is -2.59. The minimum Gasteiger partial charge on any atom is -0.393 e. The van der Waals surface area contributed by atoms with Gasteiger partial charge in [-0.2, -0.15) is 0 Å². The smallest absolute Gasteiger partial charge is 0.261 e. The van der Waals surface area contributed by atoms with Crippen LogP contribution in [0.4, 0.5) is 14.5 Å². The van der Waals surface area contributed by atoms with Crippen molar-refractivity contribution in [2.75, 3.05) is 51.5 Å². The number of halogens is 3. The Morgan fingerprint density at radius 2 is 2.12 bits per heavy atom. The average Bonchev–Trinajstić information content (AvgIpc) is 2.54. The number of aliphatic hydroxyl groups excluding tert-OH is 1. The molecule has 1 heterocycles. The van der Waals surface area contributed by atoms with E-state index >= 15 is 0 Å². The summed E-state index contributed by atoms with van der Waals surface area (Å²) in [6, 6.07) is 4.72. The summed E-state index contributed by atoms with van der Waals surface area (Å²) >= 11 is 3.32. The third-order valence-corrected chi connectivity index (χ3v) is 6.01. The SMILES string of the molecule is COC1(CO)CN(c2cc(Br)ccc2S(=O)(=O)NCCOCC(F)F)C1. The summed E-state index contributed by atoms with van der Waals surface area (Å²) in [6.45, 7) is -0.498. The highest BCUT2D eigenvalue weighted by Gasteiger charge is 2.44. The van der Waals surface area contributed by atoms with Gasteiger partial charge in [-0.05, 0) is 18.2 Å². The highest BCUT2D eigenvalue weighted by Crippen LogP contribution is 2.36. The standard InChI is InChI=1S/C15H21BrF2N2O5S/c1-24-15(10-21)8-20(9-15)12-6-11(16)2-3-13(12)26(22,23)19-4-5-25-7-14(17)18/h2-3,6,14,19,21H,4-5,7-10H2,1H3. The molecule has 0 unspecified atom stereocenters. The molecule has 0 atom stereocenters. The Hall–Kier alpha value is -0.850. The Morgan fingerprint density at radius 3 is 2.69 bits per heavy atom. The molecule has 0 aliphatic carbocycles. The zero-order valence-electron chi connectivity index (χ0n) is 14.1. The van der Waals surface area contributed by atoms with Crippen molar-refractivity contribution in [1.29, 1.82) is 0 Å². The van der Waals surface area contributed by atoms with Gasteiger partial charge in [-0.1, -0.05) is 15.9 Å². The number of methoxy groups -OCH3 is 1.